The first-order valence-electron chi connectivity index (χ1n) is 13.5. The van der Waals surface area contributed by atoms with Gasteiger partial charge >= 0.3 is 11.9 Å². The number of carboxylic acid groups (broad SMARTS) is 2. The normalized spacial score (nSPS) is 11.8. The van der Waals surface area contributed by atoms with Crippen molar-refractivity contribution in [1.82, 2.24) is 0 Å². The fourth-order valence-corrected chi connectivity index (χ4v) is 12.5. The molecule has 0 atom stereocenters. The fourth-order valence-electron chi connectivity index (χ4n) is 5.30. The Morgan fingerprint density at radius 1 is 0.757 bits per heavy atom. The smallest absolute Gasteiger partial charge is 0.303 e. The molecule has 7 heteroatoms. The van der Waals surface area contributed by atoms with Crippen molar-refractivity contribution in [3.8, 4) is 0 Å². The molecule has 4 nitrogen and oxygen atoms in total. The van der Waals surface area contributed by atoms with E-state index in [0.717, 1.165) is 27.4 Å². The van der Waals surface area contributed by atoms with Crippen LogP contribution in [0.2, 0.25) is 22.2 Å². The lowest BCUT2D eigenvalue weighted by molar-refractivity contribution is -0.138. The van der Waals surface area contributed by atoms with Crippen LogP contribution in [0.3, 0.4) is 0 Å². The van der Waals surface area contributed by atoms with Gasteiger partial charge in [-0.3, -0.25) is 9.59 Å². The van der Waals surface area contributed by atoms with E-state index in [1.165, 1.54) is 5.19 Å². The molecule has 0 radical (unpaired) electrons. The zero-order valence-corrected chi connectivity index (χ0v) is 26.1. The number of benzene rings is 2. The maximum absolute atomic E-state index is 15.4. The topological polar surface area (TPSA) is 74.6 Å². The highest BCUT2D eigenvalue weighted by Crippen LogP contribution is 2.33. The summed E-state index contributed by atoms with van der Waals surface area (Å²) in [6.45, 7) is 17.0. The molecule has 0 aliphatic rings. The van der Waals surface area contributed by atoms with Crippen LogP contribution in [0.1, 0.15) is 79.4 Å². The van der Waals surface area contributed by atoms with E-state index in [9.17, 15) is 9.59 Å². The number of aliphatic carboxylic acids is 2. The Morgan fingerprint density at radius 3 is 1.59 bits per heavy atom. The summed E-state index contributed by atoms with van der Waals surface area (Å²) in [4.78, 5) is 21.2. The summed E-state index contributed by atoms with van der Waals surface area (Å²) < 4.78 is 15.4. The zero-order valence-electron chi connectivity index (χ0n) is 23.9. The Morgan fingerprint density at radius 2 is 1.19 bits per heavy atom. The largest absolute Gasteiger partial charge is 0.481 e. The first kappa shape index (κ1) is 32.8. The summed E-state index contributed by atoms with van der Waals surface area (Å²) >= 11 is 0. The molecule has 2 rings (SSSR count). The minimum Gasteiger partial charge on any atom is -0.481 e. The Bertz CT molecular complexity index is 989. The van der Waals surface area contributed by atoms with Crippen molar-refractivity contribution in [3.05, 3.63) is 59.7 Å². The van der Waals surface area contributed by atoms with Crippen LogP contribution in [0.4, 0.5) is 4.11 Å². The Kier molecular flexibility index (Phi) is 13.5. The molecular weight excluding hydrogens is 499 g/mol. The summed E-state index contributed by atoms with van der Waals surface area (Å²) in [6, 6.07) is 16.0. The minimum atomic E-state index is -3.02. The Hall–Kier alpha value is -2.26. The molecule has 0 aromatic heterocycles. The molecular formula is C30H47FO4Si2. The van der Waals surface area contributed by atoms with Crippen LogP contribution in [0.25, 0.3) is 0 Å². The molecule has 0 amide bonds. The average molecular weight is 547 g/mol. The maximum atomic E-state index is 15.4. The van der Waals surface area contributed by atoms with Gasteiger partial charge in [-0.1, -0.05) is 109 Å². The molecule has 37 heavy (non-hydrogen) atoms. The predicted octanol–water partition coefficient (Wildman–Crippen LogP) is 6.60. The van der Waals surface area contributed by atoms with Gasteiger partial charge in [0.2, 0.25) is 0 Å². The Labute approximate surface area is 226 Å². The predicted molar refractivity (Wildman–Crippen MR) is 158 cm³/mol. The summed E-state index contributed by atoms with van der Waals surface area (Å²) in [6.07, 6.45) is 1.41. The third-order valence-corrected chi connectivity index (χ3v) is 15.6. The molecule has 0 fully saturated rings. The SMILES string of the molecule is CC(C)[SiH](c1cccc(CCC(=O)O)c1)C(C)C.CC(C)[Si](F)(c1cccc(CCC(=O)O)c1)C(C)C. The third kappa shape index (κ3) is 10.2. The zero-order chi connectivity index (χ0) is 28.3. The van der Waals surface area contributed by atoms with Crippen molar-refractivity contribution in [2.45, 2.75) is 103 Å². The van der Waals surface area contributed by atoms with Crippen LogP contribution in [-0.2, 0) is 22.4 Å². The van der Waals surface area contributed by atoms with Crippen LogP contribution < -0.4 is 10.4 Å². The number of hydrogen-bond acceptors (Lipinski definition) is 2. The van der Waals surface area contributed by atoms with Gasteiger partial charge in [0.1, 0.15) is 0 Å². The van der Waals surface area contributed by atoms with Crippen LogP contribution in [0.15, 0.2) is 48.5 Å². The Balaban J connectivity index is 0.000000371. The van der Waals surface area contributed by atoms with Crippen molar-refractivity contribution < 1.29 is 23.9 Å². The van der Waals surface area contributed by atoms with Crippen LogP contribution in [0.5, 0.6) is 0 Å². The standard InChI is InChI=1S/C15H23FO2Si.C15H24O2Si/c1-11(2)19(16,12(3)4)14-7-5-6-13(10-14)8-9-15(17)18;1-11(2)18(12(3)4)14-7-5-6-13(10-14)8-9-15(16)17/h5-7,10-12H,8-9H2,1-4H3,(H,17,18);5-7,10-12,18H,8-9H2,1-4H3,(H,16,17). The van der Waals surface area contributed by atoms with Crippen molar-refractivity contribution in [3.63, 3.8) is 0 Å². The molecule has 2 aromatic rings. The van der Waals surface area contributed by atoms with Gasteiger partial charge in [0, 0.05) is 12.8 Å². The van der Waals surface area contributed by atoms with Gasteiger partial charge < -0.3 is 14.3 Å². The number of rotatable bonds is 12. The third-order valence-electron chi connectivity index (χ3n) is 7.08. The van der Waals surface area contributed by atoms with Crippen molar-refractivity contribution in [2.75, 3.05) is 0 Å². The van der Waals surface area contributed by atoms with Gasteiger partial charge in [0.25, 0.3) is 8.41 Å². The van der Waals surface area contributed by atoms with Crippen LogP contribution >= 0.6 is 0 Å². The fraction of sp³-hybridized carbons (Fsp3) is 0.533. The number of carbonyl (C=O) groups is 2. The van der Waals surface area contributed by atoms with Gasteiger partial charge in [-0.2, -0.15) is 0 Å². The van der Waals surface area contributed by atoms with Crippen LogP contribution in [-0.4, -0.2) is 39.4 Å². The lowest BCUT2D eigenvalue weighted by atomic mass is 10.1. The second kappa shape index (κ2) is 15.2. The second-order valence-electron chi connectivity index (χ2n) is 11.3. The molecule has 0 unspecified atom stereocenters. The molecule has 206 valence electrons. The van der Waals surface area contributed by atoms with Gasteiger partial charge in [0.15, 0.2) is 0 Å². The van der Waals surface area contributed by atoms with Crippen molar-refractivity contribution >= 4 is 39.5 Å². The lowest BCUT2D eigenvalue weighted by Gasteiger charge is -2.31. The molecule has 0 aliphatic carbocycles. The second-order valence-corrected chi connectivity index (χ2v) is 20.1. The van der Waals surface area contributed by atoms with Crippen molar-refractivity contribution in [1.29, 1.82) is 0 Å². The van der Waals surface area contributed by atoms with Gasteiger partial charge in [-0.05, 0) is 51.3 Å². The van der Waals surface area contributed by atoms with Crippen LogP contribution in [0, 0.1) is 0 Å². The van der Waals surface area contributed by atoms with E-state index in [-0.39, 0.29) is 23.9 Å². The first-order valence-corrected chi connectivity index (χ1v) is 17.4. The molecule has 0 aliphatic heterocycles. The number of carboxylic acids is 2. The van der Waals surface area contributed by atoms with Gasteiger partial charge in [-0.25, -0.2) is 0 Å². The van der Waals surface area contributed by atoms with Gasteiger partial charge in [0.05, 0.1) is 8.80 Å². The van der Waals surface area contributed by atoms with E-state index in [1.54, 1.807) is 0 Å². The summed E-state index contributed by atoms with van der Waals surface area (Å²) in [7, 11) is -3.98. The molecule has 0 spiro atoms. The van der Waals surface area contributed by atoms with E-state index in [1.807, 2.05) is 58.0 Å². The highest BCUT2D eigenvalue weighted by molar-refractivity contribution is 6.88. The average Bonchev–Trinajstić information content (AvgIpc) is 2.81. The highest BCUT2D eigenvalue weighted by atomic mass is 28.4. The summed E-state index contributed by atoms with van der Waals surface area (Å²) in [5.74, 6) is -1.54. The monoisotopic (exact) mass is 546 g/mol. The molecule has 0 saturated carbocycles. The van der Waals surface area contributed by atoms with E-state index in [0.29, 0.717) is 12.8 Å². The highest BCUT2D eigenvalue weighted by Gasteiger charge is 2.43. The summed E-state index contributed by atoms with van der Waals surface area (Å²) in [5.41, 5.74) is 3.58. The molecule has 0 saturated heterocycles. The summed E-state index contributed by atoms with van der Waals surface area (Å²) in [5, 5.41) is 19.7. The molecule has 2 N–H and O–H groups in total. The quantitative estimate of drug-likeness (QED) is 0.232. The minimum absolute atomic E-state index is 0.0159. The van der Waals surface area contributed by atoms with E-state index in [2.05, 4.69) is 45.9 Å². The van der Waals surface area contributed by atoms with E-state index in [4.69, 9.17) is 10.2 Å². The molecule has 0 bridgehead atoms. The number of aryl methyl sites for hydroxylation is 2. The molecule has 0 heterocycles. The maximum Gasteiger partial charge on any atom is 0.303 e. The lowest BCUT2D eigenvalue weighted by Crippen LogP contribution is -2.49. The van der Waals surface area contributed by atoms with E-state index < -0.39 is 29.1 Å². The number of halogens is 1. The molecule has 2 aromatic carbocycles. The number of hydrogen-bond donors (Lipinski definition) is 2. The first-order chi connectivity index (χ1) is 17.2. The van der Waals surface area contributed by atoms with E-state index >= 15 is 4.11 Å². The van der Waals surface area contributed by atoms with Gasteiger partial charge in [-0.15, -0.1) is 0 Å². The van der Waals surface area contributed by atoms with Crippen molar-refractivity contribution in [2.24, 2.45) is 0 Å².